The summed E-state index contributed by atoms with van der Waals surface area (Å²) in [5, 5.41) is 4.32. The molecule has 0 aliphatic rings. The highest BCUT2D eigenvalue weighted by molar-refractivity contribution is 7.93. The molecule has 2 aromatic carbocycles. The van der Waals surface area contributed by atoms with Crippen LogP contribution < -0.4 is 19.1 Å². The Morgan fingerprint density at radius 2 is 1.68 bits per heavy atom. The molecular formula is C22H24N2O5S2. The number of aryl methyl sites for hydroxylation is 2. The predicted molar refractivity (Wildman–Crippen MR) is 123 cm³/mol. The van der Waals surface area contributed by atoms with Crippen LogP contribution in [0.4, 0.5) is 11.4 Å². The molecule has 0 aliphatic carbocycles. The van der Waals surface area contributed by atoms with Crippen LogP contribution in [0.2, 0.25) is 0 Å². The van der Waals surface area contributed by atoms with Gasteiger partial charge in [-0.25, -0.2) is 8.42 Å². The second kappa shape index (κ2) is 8.99. The van der Waals surface area contributed by atoms with Crippen molar-refractivity contribution in [3.05, 3.63) is 63.8 Å². The SMILES string of the molecule is COc1ccc(NC(=O)c2sccc2S(=O)(=O)N(C)c2ccc(C)c(C)c2)cc1OC. The van der Waals surface area contributed by atoms with Gasteiger partial charge in [0.1, 0.15) is 9.77 Å². The fourth-order valence-corrected chi connectivity index (χ4v) is 5.46. The van der Waals surface area contributed by atoms with E-state index in [0.717, 1.165) is 22.5 Å². The molecule has 0 spiro atoms. The average Bonchev–Trinajstić information content (AvgIpc) is 3.26. The van der Waals surface area contributed by atoms with Crippen molar-refractivity contribution in [2.75, 3.05) is 30.9 Å². The minimum absolute atomic E-state index is 0.0452. The number of hydrogen-bond acceptors (Lipinski definition) is 6. The van der Waals surface area contributed by atoms with E-state index in [2.05, 4.69) is 5.32 Å². The number of rotatable bonds is 7. The largest absolute Gasteiger partial charge is 0.493 e. The van der Waals surface area contributed by atoms with E-state index in [1.165, 1.54) is 31.6 Å². The average molecular weight is 461 g/mol. The third-order valence-corrected chi connectivity index (χ3v) is 7.84. The summed E-state index contributed by atoms with van der Waals surface area (Å²) >= 11 is 1.07. The number of sulfonamides is 1. The van der Waals surface area contributed by atoms with E-state index in [9.17, 15) is 13.2 Å². The summed E-state index contributed by atoms with van der Waals surface area (Å²) in [5.41, 5.74) is 3.04. The molecule has 0 radical (unpaired) electrons. The third kappa shape index (κ3) is 4.52. The number of methoxy groups -OCH3 is 2. The van der Waals surface area contributed by atoms with Gasteiger partial charge < -0.3 is 14.8 Å². The molecule has 0 unspecified atom stereocenters. The summed E-state index contributed by atoms with van der Waals surface area (Å²) < 4.78 is 38.2. The van der Waals surface area contributed by atoms with E-state index in [1.807, 2.05) is 26.0 Å². The zero-order valence-electron chi connectivity index (χ0n) is 17.9. The number of benzene rings is 2. The topological polar surface area (TPSA) is 84.9 Å². The molecule has 9 heteroatoms. The highest BCUT2D eigenvalue weighted by Crippen LogP contribution is 2.32. The van der Waals surface area contributed by atoms with Crippen molar-refractivity contribution in [3.63, 3.8) is 0 Å². The number of hydrogen-bond donors (Lipinski definition) is 1. The van der Waals surface area contributed by atoms with Gasteiger partial charge in [-0.1, -0.05) is 6.07 Å². The van der Waals surface area contributed by atoms with Crippen LogP contribution in [0.1, 0.15) is 20.8 Å². The fraction of sp³-hybridized carbons (Fsp3) is 0.227. The second-order valence-electron chi connectivity index (χ2n) is 6.88. The Morgan fingerprint density at radius 3 is 2.32 bits per heavy atom. The third-order valence-electron chi connectivity index (χ3n) is 4.97. The number of carbonyl (C=O) groups is 1. The summed E-state index contributed by atoms with van der Waals surface area (Å²) in [6.45, 7) is 3.88. The predicted octanol–water partition coefficient (Wildman–Crippen LogP) is 4.46. The molecule has 1 heterocycles. The van der Waals surface area contributed by atoms with Crippen LogP contribution in [0.5, 0.6) is 11.5 Å². The highest BCUT2D eigenvalue weighted by atomic mass is 32.2. The summed E-state index contributed by atoms with van der Waals surface area (Å²) in [5.74, 6) is 0.456. The molecule has 0 saturated heterocycles. The van der Waals surface area contributed by atoms with Gasteiger partial charge in [0.05, 0.1) is 19.9 Å². The molecule has 0 bridgehead atoms. The van der Waals surface area contributed by atoms with Gasteiger partial charge >= 0.3 is 0 Å². The first kappa shape index (κ1) is 22.6. The van der Waals surface area contributed by atoms with E-state index in [0.29, 0.717) is 22.9 Å². The smallest absolute Gasteiger partial charge is 0.267 e. The first-order valence-electron chi connectivity index (χ1n) is 9.36. The lowest BCUT2D eigenvalue weighted by atomic mass is 10.1. The molecule has 31 heavy (non-hydrogen) atoms. The molecule has 7 nitrogen and oxygen atoms in total. The van der Waals surface area contributed by atoms with Crippen molar-refractivity contribution < 1.29 is 22.7 Å². The van der Waals surface area contributed by atoms with Crippen LogP contribution in [-0.4, -0.2) is 35.6 Å². The molecular weight excluding hydrogens is 436 g/mol. The summed E-state index contributed by atoms with van der Waals surface area (Å²) in [4.78, 5) is 13.0. The molecule has 0 aliphatic heterocycles. The lowest BCUT2D eigenvalue weighted by Gasteiger charge is -2.20. The normalized spacial score (nSPS) is 11.1. The Bertz CT molecular complexity index is 1220. The number of anilines is 2. The Hall–Kier alpha value is -3.04. The Balaban J connectivity index is 1.90. The van der Waals surface area contributed by atoms with Crippen LogP contribution in [-0.2, 0) is 10.0 Å². The molecule has 0 fully saturated rings. The van der Waals surface area contributed by atoms with Gasteiger partial charge in [0.2, 0.25) is 0 Å². The molecule has 1 amide bonds. The van der Waals surface area contributed by atoms with Gasteiger partial charge in [-0.2, -0.15) is 0 Å². The van der Waals surface area contributed by atoms with E-state index in [4.69, 9.17) is 9.47 Å². The van der Waals surface area contributed by atoms with Gasteiger partial charge in [-0.3, -0.25) is 9.10 Å². The zero-order valence-corrected chi connectivity index (χ0v) is 19.6. The number of nitrogens with zero attached hydrogens (tertiary/aromatic N) is 1. The van der Waals surface area contributed by atoms with Crippen LogP contribution in [0.3, 0.4) is 0 Å². The van der Waals surface area contributed by atoms with Crippen molar-refractivity contribution in [2.45, 2.75) is 18.7 Å². The van der Waals surface area contributed by atoms with E-state index in [1.54, 1.807) is 29.6 Å². The van der Waals surface area contributed by atoms with Crippen LogP contribution in [0.25, 0.3) is 0 Å². The van der Waals surface area contributed by atoms with Crippen molar-refractivity contribution >= 4 is 38.6 Å². The number of thiophene rings is 1. The number of nitrogens with one attached hydrogen (secondary N) is 1. The van der Waals surface area contributed by atoms with E-state index < -0.39 is 15.9 Å². The van der Waals surface area contributed by atoms with Crippen molar-refractivity contribution in [3.8, 4) is 11.5 Å². The van der Waals surface area contributed by atoms with Gasteiger partial charge in [0, 0.05) is 18.8 Å². The lowest BCUT2D eigenvalue weighted by Crippen LogP contribution is -2.28. The molecule has 3 rings (SSSR count). The van der Waals surface area contributed by atoms with Gasteiger partial charge in [0.25, 0.3) is 15.9 Å². The maximum Gasteiger partial charge on any atom is 0.267 e. The standard InChI is InChI=1S/C22H24N2O5S2/c1-14-6-8-17(12-15(14)2)24(3)31(26,27)20-10-11-30-21(20)22(25)23-16-7-9-18(28-4)19(13-16)29-5/h6-13H,1-5H3,(H,23,25). The van der Waals surface area contributed by atoms with Gasteiger partial charge in [0.15, 0.2) is 11.5 Å². The molecule has 0 saturated carbocycles. The Morgan fingerprint density at radius 1 is 0.968 bits per heavy atom. The van der Waals surface area contributed by atoms with E-state index >= 15 is 0 Å². The number of carbonyl (C=O) groups excluding carboxylic acids is 1. The fourth-order valence-electron chi connectivity index (χ4n) is 2.98. The minimum Gasteiger partial charge on any atom is -0.493 e. The minimum atomic E-state index is -3.93. The summed E-state index contributed by atoms with van der Waals surface area (Å²) in [6.07, 6.45) is 0. The molecule has 164 valence electrons. The van der Waals surface area contributed by atoms with Crippen molar-refractivity contribution in [1.29, 1.82) is 0 Å². The lowest BCUT2D eigenvalue weighted by molar-refractivity contribution is 0.102. The first-order chi connectivity index (χ1) is 14.7. The quantitative estimate of drug-likeness (QED) is 0.563. The second-order valence-corrected chi connectivity index (χ2v) is 9.73. The highest BCUT2D eigenvalue weighted by Gasteiger charge is 2.28. The number of amides is 1. The molecule has 1 N–H and O–H groups in total. The van der Waals surface area contributed by atoms with Gasteiger partial charge in [-0.05, 0) is 60.7 Å². The van der Waals surface area contributed by atoms with Crippen LogP contribution in [0.15, 0.2) is 52.7 Å². The molecule has 0 atom stereocenters. The zero-order chi connectivity index (χ0) is 22.8. The van der Waals surface area contributed by atoms with Crippen LogP contribution >= 0.6 is 11.3 Å². The monoisotopic (exact) mass is 460 g/mol. The first-order valence-corrected chi connectivity index (χ1v) is 11.7. The number of ether oxygens (including phenoxy) is 2. The Labute approximate surface area is 186 Å². The molecule has 3 aromatic rings. The van der Waals surface area contributed by atoms with Crippen LogP contribution in [0, 0.1) is 13.8 Å². The molecule has 1 aromatic heterocycles. The van der Waals surface area contributed by atoms with Crippen molar-refractivity contribution in [1.82, 2.24) is 0 Å². The van der Waals surface area contributed by atoms with Crippen molar-refractivity contribution in [2.24, 2.45) is 0 Å². The van der Waals surface area contributed by atoms with Gasteiger partial charge in [-0.15, -0.1) is 11.3 Å². The maximum atomic E-state index is 13.3. The Kier molecular flexibility index (Phi) is 6.56. The maximum absolute atomic E-state index is 13.3. The summed E-state index contributed by atoms with van der Waals surface area (Å²) in [7, 11) is 0.563. The van der Waals surface area contributed by atoms with E-state index in [-0.39, 0.29) is 9.77 Å². The summed E-state index contributed by atoms with van der Waals surface area (Å²) in [6, 6.07) is 11.8.